The van der Waals surface area contributed by atoms with Gasteiger partial charge >= 0.3 is 0 Å². The summed E-state index contributed by atoms with van der Waals surface area (Å²) in [4.78, 5) is 0. The first kappa shape index (κ1) is 10.4. The molecule has 0 radical (unpaired) electrons. The van der Waals surface area contributed by atoms with E-state index >= 15 is 0 Å². The third-order valence-electron chi connectivity index (χ3n) is 2.38. The molecule has 3 N–H and O–H groups in total. The van der Waals surface area contributed by atoms with Crippen molar-refractivity contribution < 1.29 is 5.11 Å². The van der Waals surface area contributed by atoms with Crippen LogP contribution in [0.3, 0.4) is 0 Å². The van der Waals surface area contributed by atoms with Crippen molar-refractivity contribution in [1.82, 2.24) is 0 Å². The van der Waals surface area contributed by atoms with Gasteiger partial charge < -0.3 is 10.8 Å². The summed E-state index contributed by atoms with van der Waals surface area (Å²) in [5.74, 6) is 0. The Hall–Kier alpha value is 0.270. The molecule has 12 heavy (non-hydrogen) atoms. The van der Waals surface area contributed by atoms with Crippen molar-refractivity contribution in [1.29, 1.82) is 0 Å². The second kappa shape index (κ2) is 3.99. The van der Waals surface area contributed by atoms with Crippen molar-refractivity contribution in [2.45, 2.75) is 49.1 Å². The molecule has 0 aromatic rings. The average molecular weight is 189 g/mol. The van der Waals surface area contributed by atoms with E-state index in [9.17, 15) is 0 Å². The van der Waals surface area contributed by atoms with Crippen LogP contribution in [-0.4, -0.2) is 27.8 Å². The van der Waals surface area contributed by atoms with Crippen molar-refractivity contribution in [2.75, 3.05) is 6.61 Å². The molecule has 1 rings (SSSR count). The molecule has 0 aliphatic heterocycles. The zero-order valence-corrected chi connectivity index (χ0v) is 8.73. The molecule has 0 bridgehead atoms. The molecule has 1 saturated carbocycles. The summed E-state index contributed by atoms with van der Waals surface area (Å²) in [5, 5.41) is 10.4. The molecule has 72 valence electrons. The summed E-state index contributed by atoms with van der Waals surface area (Å²) in [7, 11) is 0. The van der Waals surface area contributed by atoms with Crippen LogP contribution >= 0.6 is 11.8 Å². The van der Waals surface area contributed by atoms with E-state index in [1.54, 1.807) is 0 Å². The van der Waals surface area contributed by atoms with E-state index in [1.165, 1.54) is 6.42 Å². The lowest BCUT2D eigenvalue weighted by molar-refractivity contribution is 0.200. The van der Waals surface area contributed by atoms with Crippen LogP contribution in [0.5, 0.6) is 0 Å². The maximum absolute atomic E-state index is 9.04. The van der Waals surface area contributed by atoms with Crippen LogP contribution in [0.2, 0.25) is 0 Å². The highest BCUT2D eigenvalue weighted by Crippen LogP contribution is 2.36. The van der Waals surface area contributed by atoms with Gasteiger partial charge in [-0.1, -0.05) is 13.8 Å². The second-order valence-corrected chi connectivity index (χ2v) is 5.95. The summed E-state index contributed by atoms with van der Waals surface area (Å²) < 4.78 is 0. The molecule has 0 aromatic carbocycles. The van der Waals surface area contributed by atoms with E-state index < -0.39 is 0 Å². The van der Waals surface area contributed by atoms with Gasteiger partial charge in [0.25, 0.3) is 0 Å². The molecule has 0 heterocycles. The zero-order valence-electron chi connectivity index (χ0n) is 7.92. The minimum Gasteiger partial charge on any atom is -0.394 e. The third-order valence-corrected chi connectivity index (χ3v) is 3.71. The molecule has 1 fully saturated rings. The highest BCUT2D eigenvalue weighted by Gasteiger charge is 2.35. The van der Waals surface area contributed by atoms with Crippen LogP contribution in [0.15, 0.2) is 0 Å². The fourth-order valence-corrected chi connectivity index (χ4v) is 3.20. The Labute approximate surface area is 78.9 Å². The maximum Gasteiger partial charge on any atom is 0.0611 e. The van der Waals surface area contributed by atoms with Gasteiger partial charge in [-0.25, -0.2) is 0 Å². The molecule has 2 nitrogen and oxygen atoms in total. The lowest BCUT2D eigenvalue weighted by Gasteiger charge is -2.21. The Morgan fingerprint density at radius 3 is 2.75 bits per heavy atom. The number of hydrogen-bond donors (Lipinski definition) is 2. The Balaban J connectivity index is 2.35. The normalized spacial score (nSPS) is 36.2. The van der Waals surface area contributed by atoms with Gasteiger partial charge in [0.1, 0.15) is 0 Å². The summed E-state index contributed by atoms with van der Waals surface area (Å²) in [6.07, 6.45) is 3.13. The molecular formula is C9H19NOS. The lowest BCUT2D eigenvalue weighted by atomic mass is 10.0. The van der Waals surface area contributed by atoms with Crippen LogP contribution in [0.1, 0.15) is 33.1 Å². The molecule has 0 spiro atoms. The minimum atomic E-state index is -0.271. The van der Waals surface area contributed by atoms with Gasteiger partial charge in [0.2, 0.25) is 0 Å². The van der Waals surface area contributed by atoms with Gasteiger partial charge in [-0.05, 0) is 24.5 Å². The number of aliphatic hydroxyl groups excluding tert-OH is 1. The van der Waals surface area contributed by atoms with Crippen molar-refractivity contribution in [2.24, 2.45) is 5.73 Å². The van der Waals surface area contributed by atoms with Crippen LogP contribution in [0.25, 0.3) is 0 Å². The molecule has 0 saturated heterocycles. The SMILES string of the molecule is CC(C)SC1CCC(N)(CO)C1. The van der Waals surface area contributed by atoms with Crippen LogP contribution in [-0.2, 0) is 0 Å². The van der Waals surface area contributed by atoms with Gasteiger partial charge in [-0.15, -0.1) is 0 Å². The first-order chi connectivity index (χ1) is 5.56. The van der Waals surface area contributed by atoms with E-state index in [0.717, 1.165) is 12.8 Å². The molecule has 1 aliphatic rings. The molecule has 0 amide bonds. The summed E-state index contributed by atoms with van der Waals surface area (Å²) in [5.41, 5.74) is 5.69. The van der Waals surface area contributed by atoms with Crippen LogP contribution < -0.4 is 5.73 Å². The first-order valence-electron chi connectivity index (χ1n) is 4.61. The van der Waals surface area contributed by atoms with E-state index in [2.05, 4.69) is 13.8 Å². The van der Waals surface area contributed by atoms with E-state index in [4.69, 9.17) is 10.8 Å². The van der Waals surface area contributed by atoms with E-state index in [0.29, 0.717) is 10.5 Å². The monoisotopic (exact) mass is 189 g/mol. The molecule has 0 aromatic heterocycles. The molecule has 2 atom stereocenters. The van der Waals surface area contributed by atoms with Gasteiger partial charge in [0.05, 0.1) is 6.61 Å². The molecule has 1 aliphatic carbocycles. The third kappa shape index (κ3) is 2.64. The average Bonchev–Trinajstić information content (AvgIpc) is 2.32. The molecule has 2 unspecified atom stereocenters. The Morgan fingerprint density at radius 2 is 2.33 bits per heavy atom. The smallest absolute Gasteiger partial charge is 0.0611 e. The number of rotatable bonds is 3. The quantitative estimate of drug-likeness (QED) is 0.705. The minimum absolute atomic E-state index is 0.141. The van der Waals surface area contributed by atoms with E-state index in [1.807, 2.05) is 11.8 Å². The van der Waals surface area contributed by atoms with Crippen LogP contribution in [0.4, 0.5) is 0 Å². The van der Waals surface area contributed by atoms with Gasteiger partial charge in [0, 0.05) is 10.8 Å². The number of hydrogen-bond acceptors (Lipinski definition) is 3. The fourth-order valence-electron chi connectivity index (χ4n) is 1.75. The van der Waals surface area contributed by atoms with Crippen molar-refractivity contribution in [3.63, 3.8) is 0 Å². The fraction of sp³-hybridized carbons (Fsp3) is 1.00. The Bertz CT molecular complexity index is 151. The standard InChI is InChI=1S/C9H19NOS/c1-7(2)12-8-3-4-9(10,5-8)6-11/h7-8,11H,3-6,10H2,1-2H3. The van der Waals surface area contributed by atoms with Gasteiger partial charge in [0.15, 0.2) is 0 Å². The maximum atomic E-state index is 9.04. The second-order valence-electron chi connectivity index (χ2n) is 4.07. The summed E-state index contributed by atoms with van der Waals surface area (Å²) in [6.45, 7) is 4.56. The number of nitrogens with two attached hydrogens (primary N) is 1. The van der Waals surface area contributed by atoms with Crippen molar-refractivity contribution in [3.8, 4) is 0 Å². The predicted octanol–water partition coefficient (Wildman–Crippen LogP) is 1.37. The van der Waals surface area contributed by atoms with Crippen molar-refractivity contribution >= 4 is 11.8 Å². The topological polar surface area (TPSA) is 46.2 Å². The molecule has 3 heteroatoms. The highest BCUT2D eigenvalue weighted by molar-refractivity contribution is 8.00. The van der Waals surface area contributed by atoms with Gasteiger partial charge in [-0.2, -0.15) is 11.8 Å². The van der Waals surface area contributed by atoms with E-state index in [-0.39, 0.29) is 12.1 Å². The summed E-state index contributed by atoms with van der Waals surface area (Å²) >= 11 is 1.99. The lowest BCUT2D eigenvalue weighted by Crippen LogP contribution is -2.41. The Kier molecular flexibility index (Phi) is 3.44. The van der Waals surface area contributed by atoms with Crippen LogP contribution in [0, 0.1) is 0 Å². The highest BCUT2D eigenvalue weighted by atomic mass is 32.2. The molecular weight excluding hydrogens is 170 g/mol. The number of aliphatic hydroxyl groups is 1. The van der Waals surface area contributed by atoms with Crippen molar-refractivity contribution in [3.05, 3.63) is 0 Å². The summed E-state index contributed by atoms with van der Waals surface area (Å²) in [6, 6.07) is 0. The number of thioether (sulfide) groups is 1. The first-order valence-corrected chi connectivity index (χ1v) is 5.55. The largest absolute Gasteiger partial charge is 0.394 e. The van der Waals surface area contributed by atoms with Gasteiger partial charge in [-0.3, -0.25) is 0 Å². The Morgan fingerprint density at radius 1 is 1.67 bits per heavy atom. The predicted molar refractivity (Wildman–Crippen MR) is 54.4 cm³/mol. The zero-order chi connectivity index (χ0) is 9.19.